The molecule has 1 aliphatic rings. The highest BCUT2D eigenvalue weighted by Gasteiger charge is 2.31. The van der Waals surface area contributed by atoms with E-state index in [2.05, 4.69) is 16.9 Å². The molecule has 3 rings (SSSR count). The number of ether oxygens (including phenoxy) is 1. The van der Waals surface area contributed by atoms with E-state index in [1.54, 1.807) is 30.2 Å². The number of rotatable bonds is 7. The maximum atomic E-state index is 13.4. The second-order valence-corrected chi connectivity index (χ2v) is 9.81. The first-order valence-electron chi connectivity index (χ1n) is 10.0. The van der Waals surface area contributed by atoms with Crippen molar-refractivity contribution in [2.75, 3.05) is 32.6 Å². The van der Waals surface area contributed by atoms with E-state index in [-0.39, 0.29) is 23.8 Å². The monoisotopic (exact) mass is 474 g/mol. The second-order valence-electron chi connectivity index (χ2n) is 7.43. The number of methoxy groups -OCH3 is 1. The van der Waals surface area contributed by atoms with Crippen LogP contribution in [0, 0.1) is 6.92 Å². The molecule has 1 aromatic carbocycles. The van der Waals surface area contributed by atoms with Crippen molar-refractivity contribution in [2.24, 2.45) is 0 Å². The summed E-state index contributed by atoms with van der Waals surface area (Å²) in [5.41, 5.74) is 1.42. The van der Waals surface area contributed by atoms with Crippen LogP contribution in [0.4, 0.5) is 5.13 Å². The Labute approximate surface area is 195 Å². The van der Waals surface area contributed by atoms with Crippen LogP contribution >= 0.6 is 23.1 Å². The topological polar surface area (TPSA) is 91.8 Å². The maximum absolute atomic E-state index is 13.4. The van der Waals surface area contributed by atoms with Gasteiger partial charge >= 0.3 is 0 Å². The molecular formula is C22H26N4O4S2. The number of carbonyl (C=O) groups excluding carboxylic acids is 3. The Morgan fingerprint density at radius 1 is 1.41 bits per heavy atom. The van der Waals surface area contributed by atoms with Gasteiger partial charge in [-0.3, -0.25) is 14.4 Å². The van der Waals surface area contributed by atoms with Crippen LogP contribution in [0.5, 0.6) is 5.75 Å². The summed E-state index contributed by atoms with van der Waals surface area (Å²) in [5, 5.41) is 3.21. The Kier molecular flexibility index (Phi) is 7.57. The minimum absolute atomic E-state index is 0.0739. The lowest BCUT2D eigenvalue weighted by atomic mass is 10.1. The number of likely N-dealkylation sites (tertiary alicyclic amines) is 1. The molecule has 1 N–H and O–H groups in total. The lowest BCUT2D eigenvalue weighted by molar-refractivity contribution is -0.125. The number of hydrogen-bond acceptors (Lipinski definition) is 7. The number of likely N-dealkylation sites (N-methyl/N-ethyl adjacent to an activating group) is 1. The Bertz CT molecular complexity index is 1050. The van der Waals surface area contributed by atoms with Crippen molar-refractivity contribution < 1.29 is 19.1 Å². The minimum atomic E-state index is -0.173. The first kappa shape index (κ1) is 23.8. The number of hydrogen-bond donors (Lipinski definition) is 1. The molecule has 32 heavy (non-hydrogen) atoms. The van der Waals surface area contributed by atoms with E-state index in [9.17, 15) is 14.4 Å². The SMILES string of the molecule is C=CC(=O)N1CC[C@H](N(C)C(=O)c2cc(Sc3cnc(NC(C)=O)s3)c(C)cc2OC)C1. The molecule has 1 fully saturated rings. The van der Waals surface area contributed by atoms with Crippen molar-refractivity contribution in [3.63, 3.8) is 0 Å². The summed E-state index contributed by atoms with van der Waals surface area (Å²) >= 11 is 2.85. The fraction of sp³-hybridized carbons (Fsp3) is 0.364. The Morgan fingerprint density at radius 3 is 2.81 bits per heavy atom. The second kappa shape index (κ2) is 10.2. The molecule has 1 aromatic heterocycles. The van der Waals surface area contributed by atoms with Gasteiger partial charge in [0.15, 0.2) is 5.13 Å². The van der Waals surface area contributed by atoms with Gasteiger partial charge in [0.2, 0.25) is 11.8 Å². The molecule has 0 spiro atoms. The highest BCUT2D eigenvalue weighted by Crippen LogP contribution is 2.38. The summed E-state index contributed by atoms with van der Waals surface area (Å²) in [6.45, 7) is 8.00. The molecule has 8 nitrogen and oxygen atoms in total. The van der Waals surface area contributed by atoms with Crippen molar-refractivity contribution in [3.8, 4) is 5.75 Å². The summed E-state index contributed by atoms with van der Waals surface area (Å²) in [6.07, 6.45) is 3.71. The summed E-state index contributed by atoms with van der Waals surface area (Å²) < 4.78 is 6.39. The Morgan fingerprint density at radius 2 is 2.16 bits per heavy atom. The molecular weight excluding hydrogens is 448 g/mol. The summed E-state index contributed by atoms with van der Waals surface area (Å²) in [6, 6.07) is 3.61. The van der Waals surface area contributed by atoms with Gasteiger partial charge in [-0.1, -0.05) is 29.7 Å². The van der Waals surface area contributed by atoms with Crippen molar-refractivity contribution in [2.45, 2.75) is 35.4 Å². The quantitative estimate of drug-likeness (QED) is 0.618. The fourth-order valence-corrected chi connectivity index (χ4v) is 5.46. The minimum Gasteiger partial charge on any atom is -0.496 e. The third-order valence-corrected chi connectivity index (χ3v) is 7.40. The number of benzene rings is 1. The van der Waals surface area contributed by atoms with Gasteiger partial charge in [-0.25, -0.2) is 4.98 Å². The largest absolute Gasteiger partial charge is 0.496 e. The Hall–Kier alpha value is -2.85. The predicted molar refractivity (Wildman–Crippen MR) is 126 cm³/mol. The predicted octanol–water partition coefficient (Wildman–Crippen LogP) is 3.43. The lowest BCUT2D eigenvalue weighted by Crippen LogP contribution is -2.40. The van der Waals surface area contributed by atoms with Crippen molar-refractivity contribution in [1.29, 1.82) is 0 Å². The van der Waals surface area contributed by atoms with Gasteiger partial charge in [-0.2, -0.15) is 0 Å². The number of amides is 3. The van der Waals surface area contributed by atoms with E-state index in [4.69, 9.17) is 4.74 Å². The van der Waals surface area contributed by atoms with E-state index in [1.807, 2.05) is 19.1 Å². The smallest absolute Gasteiger partial charge is 0.257 e. The average Bonchev–Trinajstić information content (AvgIpc) is 3.42. The molecule has 0 bridgehead atoms. The van der Waals surface area contributed by atoms with Crippen LogP contribution in [-0.4, -0.2) is 65.8 Å². The number of anilines is 1. The molecule has 1 aliphatic heterocycles. The third kappa shape index (κ3) is 5.31. The zero-order chi connectivity index (χ0) is 23.4. The van der Waals surface area contributed by atoms with Crippen molar-refractivity contribution in [3.05, 3.63) is 42.1 Å². The van der Waals surface area contributed by atoms with E-state index >= 15 is 0 Å². The van der Waals surface area contributed by atoms with Crippen molar-refractivity contribution >= 4 is 46.0 Å². The van der Waals surface area contributed by atoms with Crippen LogP contribution in [0.2, 0.25) is 0 Å². The zero-order valence-electron chi connectivity index (χ0n) is 18.5. The van der Waals surface area contributed by atoms with E-state index in [1.165, 1.54) is 36.1 Å². The molecule has 0 saturated carbocycles. The average molecular weight is 475 g/mol. The van der Waals surface area contributed by atoms with Gasteiger partial charge in [0.05, 0.1) is 29.1 Å². The molecule has 170 valence electrons. The molecule has 2 heterocycles. The molecule has 1 atom stereocenters. The highest BCUT2D eigenvalue weighted by atomic mass is 32.2. The summed E-state index contributed by atoms with van der Waals surface area (Å²) in [7, 11) is 3.30. The van der Waals surface area contributed by atoms with Crippen molar-refractivity contribution in [1.82, 2.24) is 14.8 Å². The van der Waals surface area contributed by atoms with E-state index in [0.29, 0.717) is 36.0 Å². The standard InChI is InChI=1S/C22H26N4O4S2/c1-6-19(28)26-8-7-15(12-26)25(4)21(29)16-10-18(13(2)9-17(16)30-5)31-20-11-23-22(32-20)24-14(3)27/h6,9-11,15H,1,7-8,12H2,2-5H3,(H,23,24,27)/t15-/m0/s1. The van der Waals surface area contributed by atoms with Gasteiger partial charge in [0.25, 0.3) is 5.91 Å². The number of carbonyl (C=O) groups is 3. The number of thiazole rings is 1. The Balaban J connectivity index is 1.82. The zero-order valence-corrected chi connectivity index (χ0v) is 20.1. The third-order valence-electron chi connectivity index (χ3n) is 5.22. The maximum Gasteiger partial charge on any atom is 0.257 e. The summed E-state index contributed by atoms with van der Waals surface area (Å²) in [5.74, 6) is 0.0460. The highest BCUT2D eigenvalue weighted by molar-refractivity contribution is 8.01. The molecule has 10 heteroatoms. The van der Waals surface area contributed by atoms with Gasteiger partial charge < -0.3 is 19.9 Å². The molecule has 3 amide bonds. The van der Waals surface area contributed by atoms with Crippen LogP contribution in [0.15, 0.2) is 40.1 Å². The van der Waals surface area contributed by atoms with Crippen LogP contribution in [0.1, 0.15) is 29.3 Å². The van der Waals surface area contributed by atoms with Crippen LogP contribution in [0.3, 0.4) is 0 Å². The number of nitrogens with zero attached hydrogens (tertiary/aromatic N) is 3. The van der Waals surface area contributed by atoms with Crippen LogP contribution in [-0.2, 0) is 9.59 Å². The number of aromatic nitrogens is 1. The van der Waals surface area contributed by atoms with Gasteiger partial charge in [0, 0.05) is 32.0 Å². The first-order valence-corrected chi connectivity index (χ1v) is 11.6. The molecule has 0 radical (unpaired) electrons. The van der Waals surface area contributed by atoms with Gasteiger partial charge in [-0.15, -0.1) is 0 Å². The molecule has 1 saturated heterocycles. The number of aryl methyl sites for hydroxylation is 1. The number of nitrogens with one attached hydrogen (secondary N) is 1. The molecule has 0 unspecified atom stereocenters. The van der Waals surface area contributed by atoms with Gasteiger partial charge in [0.1, 0.15) is 5.75 Å². The lowest BCUT2D eigenvalue weighted by Gasteiger charge is -2.26. The molecule has 2 aromatic rings. The first-order chi connectivity index (χ1) is 15.2. The van der Waals surface area contributed by atoms with E-state index < -0.39 is 0 Å². The normalized spacial score (nSPS) is 15.4. The van der Waals surface area contributed by atoms with Crippen LogP contribution < -0.4 is 10.1 Å². The van der Waals surface area contributed by atoms with Crippen LogP contribution in [0.25, 0.3) is 0 Å². The van der Waals surface area contributed by atoms with E-state index in [0.717, 1.165) is 14.7 Å². The molecule has 0 aliphatic carbocycles. The fourth-order valence-electron chi connectivity index (χ4n) is 3.47. The van der Waals surface area contributed by atoms with Gasteiger partial charge in [-0.05, 0) is 37.1 Å². The summed E-state index contributed by atoms with van der Waals surface area (Å²) in [4.78, 5) is 45.0.